The van der Waals surface area contributed by atoms with E-state index in [1.165, 1.54) is 12.8 Å². The molecule has 0 aromatic heterocycles. The monoisotopic (exact) mass is 235 g/mol. The van der Waals surface area contributed by atoms with Crippen molar-refractivity contribution < 1.29 is 9.53 Å². The summed E-state index contributed by atoms with van der Waals surface area (Å²) in [4.78, 5) is 11.6. The predicted octanol–water partition coefficient (Wildman–Crippen LogP) is 3.60. The van der Waals surface area contributed by atoms with E-state index in [9.17, 15) is 4.79 Å². The lowest BCUT2D eigenvalue weighted by Gasteiger charge is -2.06. The maximum absolute atomic E-state index is 11.6. The first-order valence-corrected chi connectivity index (χ1v) is 6.20. The summed E-state index contributed by atoms with van der Waals surface area (Å²) in [7, 11) is 1.63. The highest BCUT2D eigenvalue weighted by Crippen LogP contribution is 2.15. The zero-order chi connectivity index (χ0) is 12.5. The highest BCUT2D eigenvalue weighted by molar-refractivity contribution is 5.90. The molecule has 1 amide bonds. The van der Waals surface area contributed by atoms with Gasteiger partial charge in [0.25, 0.3) is 0 Å². The van der Waals surface area contributed by atoms with Crippen molar-refractivity contribution in [2.24, 2.45) is 0 Å². The minimum atomic E-state index is 0.0891. The molecule has 0 aliphatic rings. The Balaban J connectivity index is 2.29. The SMILES string of the molecule is CCCCCCC(=O)Nc1ccc(OC)cc1. The third kappa shape index (κ3) is 5.38. The largest absolute Gasteiger partial charge is 0.497 e. The van der Waals surface area contributed by atoms with Crippen LogP contribution in [0.25, 0.3) is 0 Å². The fourth-order valence-electron chi connectivity index (χ4n) is 1.61. The molecule has 0 heterocycles. The molecule has 0 radical (unpaired) electrons. The fourth-order valence-corrected chi connectivity index (χ4v) is 1.61. The van der Waals surface area contributed by atoms with Gasteiger partial charge in [-0.1, -0.05) is 26.2 Å². The number of nitrogens with one attached hydrogen (secondary N) is 1. The van der Waals surface area contributed by atoms with Gasteiger partial charge in [-0.2, -0.15) is 0 Å². The van der Waals surface area contributed by atoms with Gasteiger partial charge >= 0.3 is 0 Å². The number of carbonyl (C=O) groups is 1. The van der Waals surface area contributed by atoms with E-state index in [0.717, 1.165) is 24.3 Å². The van der Waals surface area contributed by atoms with E-state index in [4.69, 9.17) is 4.74 Å². The Labute approximate surface area is 103 Å². The first-order valence-electron chi connectivity index (χ1n) is 6.20. The Morgan fingerprint density at radius 2 is 1.88 bits per heavy atom. The third-order valence-corrected chi connectivity index (χ3v) is 2.63. The Hall–Kier alpha value is -1.51. The molecule has 3 nitrogen and oxygen atoms in total. The summed E-state index contributed by atoms with van der Waals surface area (Å²) in [6, 6.07) is 7.38. The van der Waals surface area contributed by atoms with E-state index >= 15 is 0 Å². The van der Waals surface area contributed by atoms with E-state index in [2.05, 4.69) is 12.2 Å². The Morgan fingerprint density at radius 3 is 2.47 bits per heavy atom. The fraction of sp³-hybridized carbons (Fsp3) is 0.500. The number of carbonyl (C=O) groups excluding carboxylic acids is 1. The minimum Gasteiger partial charge on any atom is -0.497 e. The van der Waals surface area contributed by atoms with Gasteiger partial charge in [-0.25, -0.2) is 0 Å². The quantitative estimate of drug-likeness (QED) is 0.733. The Kier molecular flexibility index (Phi) is 6.15. The summed E-state index contributed by atoms with van der Waals surface area (Å²) in [5.74, 6) is 0.886. The van der Waals surface area contributed by atoms with Crippen LogP contribution in [0.3, 0.4) is 0 Å². The van der Waals surface area contributed by atoms with Crippen LogP contribution in [0.4, 0.5) is 5.69 Å². The third-order valence-electron chi connectivity index (χ3n) is 2.63. The van der Waals surface area contributed by atoms with Gasteiger partial charge in [-0.3, -0.25) is 4.79 Å². The molecule has 0 aliphatic carbocycles. The van der Waals surface area contributed by atoms with Crippen molar-refractivity contribution in [1.82, 2.24) is 0 Å². The van der Waals surface area contributed by atoms with Gasteiger partial charge in [-0.15, -0.1) is 0 Å². The van der Waals surface area contributed by atoms with Gasteiger partial charge in [0.15, 0.2) is 0 Å². The molecule has 0 aliphatic heterocycles. The molecule has 17 heavy (non-hydrogen) atoms. The molecular weight excluding hydrogens is 214 g/mol. The number of unbranched alkanes of at least 4 members (excludes halogenated alkanes) is 3. The van der Waals surface area contributed by atoms with Crippen LogP contribution in [0, 0.1) is 0 Å². The Morgan fingerprint density at radius 1 is 1.18 bits per heavy atom. The van der Waals surface area contributed by atoms with Crippen molar-refractivity contribution in [3.05, 3.63) is 24.3 Å². The minimum absolute atomic E-state index is 0.0891. The number of rotatable bonds is 7. The molecule has 1 rings (SSSR count). The second kappa shape index (κ2) is 7.71. The summed E-state index contributed by atoms with van der Waals surface area (Å²) in [6.07, 6.45) is 5.10. The lowest BCUT2D eigenvalue weighted by molar-refractivity contribution is -0.116. The maximum atomic E-state index is 11.6. The van der Waals surface area contributed by atoms with Gasteiger partial charge in [0.05, 0.1) is 7.11 Å². The molecule has 94 valence electrons. The smallest absolute Gasteiger partial charge is 0.224 e. The molecule has 0 unspecified atom stereocenters. The number of methoxy groups -OCH3 is 1. The van der Waals surface area contributed by atoms with Crippen molar-refractivity contribution in [1.29, 1.82) is 0 Å². The number of benzene rings is 1. The van der Waals surface area contributed by atoms with Crippen molar-refractivity contribution in [2.45, 2.75) is 39.0 Å². The van der Waals surface area contributed by atoms with Crippen molar-refractivity contribution >= 4 is 11.6 Å². The van der Waals surface area contributed by atoms with Gasteiger partial charge in [-0.05, 0) is 30.7 Å². The summed E-state index contributed by atoms with van der Waals surface area (Å²) >= 11 is 0. The second-order valence-electron chi connectivity index (χ2n) is 4.09. The number of amides is 1. The van der Waals surface area contributed by atoms with Crippen LogP contribution in [-0.4, -0.2) is 13.0 Å². The summed E-state index contributed by atoms with van der Waals surface area (Å²) in [6.45, 7) is 2.16. The van der Waals surface area contributed by atoms with Gasteiger partial charge < -0.3 is 10.1 Å². The zero-order valence-corrected chi connectivity index (χ0v) is 10.7. The number of hydrogen-bond acceptors (Lipinski definition) is 2. The lowest BCUT2D eigenvalue weighted by Crippen LogP contribution is -2.10. The second-order valence-corrected chi connectivity index (χ2v) is 4.09. The van der Waals surface area contributed by atoms with E-state index in [1.807, 2.05) is 24.3 Å². The van der Waals surface area contributed by atoms with Crippen LogP contribution in [0.1, 0.15) is 39.0 Å². The van der Waals surface area contributed by atoms with Crippen LogP contribution in [0.2, 0.25) is 0 Å². The summed E-state index contributed by atoms with van der Waals surface area (Å²) < 4.78 is 5.05. The van der Waals surface area contributed by atoms with Crippen LogP contribution in [0.5, 0.6) is 5.75 Å². The van der Waals surface area contributed by atoms with Gasteiger partial charge in [0, 0.05) is 12.1 Å². The number of hydrogen-bond donors (Lipinski definition) is 1. The van der Waals surface area contributed by atoms with E-state index in [1.54, 1.807) is 7.11 Å². The molecule has 0 spiro atoms. The van der Waals surface area contributed by atoms with Crippen molar-refractivity contribution in [2.75, 3.05) is 12.4 Å². The molecule has 0 atom stereocenters. The van der Waals surface area contributed by atoms with E-state index in [0.29, 0.717) is 6.42 Å². The van der Waals surface area contributed by atoms with Crippen LogP contribution >= 0.6 is 0 Å². The zero-order valence-electron chi connectivity index (χ0n) is 10.7. The average molecular weight is 235 g/mol. The molecule has 0 saturated carbocycles. The van der Waals surface area contributed by atoms with E-state index in [-0.39, 0.29) is 5.91 Å². The molecule has 1 aromatic rings. The average Bonchev–Trinajstić information content (AvgIpc) is 2.36. The first-order chi connectivity index (χ1) is 8.26. The Bertz CT molecular complexity index is 333. The molecule has 1 N–H and O–H groups in total. The normalized spacial score (nSPS) is 10.0. The van der Waals surface area contributed by atoms with Crippen molar-refractivity contribution in [3.63, 3.8) is 0 Å². The number of ether oxygens (including phenoxy) is 1. The van der Waals surface area contributed by atoms with Crippen LogP contribution in [-0.2, 0) is 4.79 Å². The summed E-state index contributed by atoms with van der Waals surface area (Å²) in [5, 5.41) is 2.88. The maximum Gasteiger partial charge on any atom is 0.224 e. The van der Waals surface area contributed by atoms with Crippen LogP contribution in [0.15, 0.2) is 24.3 Å². The molecular formula is C14H21NO2. The molecule has 3 heteroatoms. The predicted molar refractivity (Wildman–Crippen MR) is 70.4 cm³/mol. The number of anilines is 1. The van der Waals surface area contributed by atoms with Gasteiger partial charge in [0.1, 0.15) is 5.75 Å². The molecule has 0 fully saturated rings. The van der Waals surface area contributed by atoms with Crippen LogP contribution < -0.4 is 10.1 Å². The topological polar surface area (TPSA) is 38.3 Å². The highest BCUT2D eigenvalue weighted by Gasteiger charge is 2.02. The molecule has 0 saturated heterocycles. The van der Waals surface area contributed by atoms with Gasteiger partial charge in [0.2, 0.25) is 5.91 Å². The molecule has 1 aromatic carbocycles. The standard InChI is InChI=1S/C14H21NO2/c1-3-4-5-6-7-14(16)15-12-8-10-13(17-2)11-9-12/h8-11H,3-7H2,1-2H3,(H,15,16). The molecule has 0 bridgehead atoms. The highest BCUT2D eigenvalue weighted by atomic mass is 16.5. The summed E-state index contributed by atoms with van der Waals surface area (Å²) in [5.41, 5.74) is 0.825. The van der Waals surface area contributed by atoms with Crippen molar-refractivity contribution in [3.8, 4) is 5.75 Å². The lowest BCUT2D eigenvalue weighted by atomic mass is 10.1. The first kappa shape index (κ1) is 13.6. The van der Waals surface area contributed by atoms with E-state index < -0.39 is 0 Å².